The van der Waals surface area contributed by atoms with Crippen LogP contribution in [0.2, 0.25) is 0 Å². The van der Waals surface area contributed by atoms with Crippen molar-refractivity contribution in [1.29, 1.82) is 0 Å². The molecule has 1 amide bonds. The molecule has 0 aromatic heterocycles. The molecule has 1 unspecified atom stereocenters. The molecule has 1 atom stereocenters. The topological polar surface area (TPSA) is 66.6 Å². The minimum absolute atomic E-state index is 0.115. The predicted octanol–water partition coefficient (Wildman–Crippen LogP) is -0.149. The number of hydrogen-bond donors (Lipinski definition) is 2. The van der Waals surface area contributed by atoms with Crippen LogP contribution in [0.15, 0.2) is 0 Å². The van der Waals surface area contributed by atoms with E-state index in [1.807, 2.05) is 0 Å². The molecular weight excluding hydrogens is 180 g/mol. The minimum Gasteiger partial charge on any atom is -0.391 e. The van der Waals surface area contributed by atoms with Crippen molar-refractivity contribution in [2.75, 3.05) is 13.1 Å². The van der Waals surface area contributed by atoms with Crippen LogP contribution >= 0.6 is 0 Å². The molecule has 0 radical (unpaired) electrons. The monoisotopic (exact) mass is 198 g/mol. The van der Waals surface area contributed by atoms with Crippen LogP contribution in [0.25, 0.3) is 0 Å². The zero-order valence-corrected chi connectivity index (χ0v) is 8.41. The zero-order valence-electron chi connectivity index (χ0n) is 8.41. The van der Waals surface area contributed by atoms with Crippen LogP contribution in [0.5, 0.6) is 0 Å². The van der Waals surface area contributed by atoms with Gasteiger partial charge in [-0.15, -0.1) is 0 Å². The first-order chi connectivity index (χ1) is 6.59. The lowest BCUT2D eigenvalue weighted by Gasteiger charge is -2.38. The van der Waals surface area contributed by atoms with Gasteiger partial charge in [0.2, 0.25) is 5.91 Å². The van der Waals surface area contributed by atoms with Gasteiger partial charge < -0.3 is 15.7 Å². The van der Waals surface area contributed by atoms with E-state index in [0.29, 0.717) is 25.9 Å². The summed E-state index contributed by atoms with van der Waals surface area (Å²) in [6.45, 7) is 1.19. The molecule has 0 bridgehead atoms. The van der Waals surface area contributed by atoms with Gasteiger partial charge >= 0.3 is 0 Å². The maximum Gasteiger partial charge on any atom is 0.224 e. The molecule has 4 heteroatoms. The Hall–Kier alpha value is -0.610. The maximum atomic E-state index is 11.7. The molecule has 2 aliphatic rings. The number of aliphatic hydroxyl groups is 1. The highest BCUT2D eigenvalue weighted by Crippen LogP contribution is 2.32. The number of aliphatic hydroxyl groups excluding tert-OH is 1. The lowest BCUT2D eigenvalue weighted by atomic mass is 9.75. The van der Waals surface area contributed by atoms with E-state index in [-0.39, 0.29) is 17.6 Å². The summed E-state index contributed by atoms with van der Waals surface area (Å²) in [5.74, 6) is 0.115. The van der Waals surface area contributed by atoms with Crippen molar-refractivity contribution < 1.29 is 9.90 Å². The van der Waals surface area contributed by atoms with Crippen molar-refractivity contribution in [2.24, 2.45) is 5.73 Å². The summed E-state index contributed by atoms with van der Waals surface area (Å²) in [5, 5.41) is 9.29. The van der Waals surface area contributed by atoms with Gasteiger partial charge in [-0.25, -0.2) is 0 Å². The van der Waals surface area contributed by atoms with E-state index in [1.54, 1.807) is 4.90 Å². The van der Waals surface area contributed by atoms with Crippen molar-refractivity contribution in [3.63, 3.8) is 0 Å². The molecule has 2 rings (SSSR count). The molecule has 0 spiro atoms. The van der Waals surface area contributed by atoms with Gasteiger partial charge in [0.1, 0.15) is 0 Å². The van der Waals surface area contributed by atoms with E-state index >= 15 is 0 Å². The minimum atomic E-state index is -0.325. The average molecular weight is 198 g/mol. The van der Waals surface area contributed by atoms with Crippen molar-refractivity contribution in [1.82, 2.24) is 4.90 Å². The summed E-state index contributed by atoms with van der Waals surface area (Å²) in [5.41, 5.74) is 5.76. The van der Waals surface area contributed by atoms with E-state index in [2.05, 4.69) is 0 Å². The van der Waals surface area contributed by atoms with E-state index in [4.69, 9.17) is 5.73 Å². The first-order valence-corrected chi connectivity index (χ1v) is 5.34. The fourth-order valence-electron chi connectivity index (χ4n) is 2.19. The molecule has 1 aliphatic heterocycles. The number of carbonyl (C=O) groups is 1. The van der Waals surface area contributed by atoms with Crippen molar-refractivity contribution in [2.45, 2.75) is 43.7 Å². The van der Waals surface area contributed by atoms with Crippen LogP contribution in [0.4, 0.5) is 0 Å². The molecule has 1 aliphatic carbocycles. The Kier molecular flexibility index (Phi) is 2.49. The fourth-order valence-corrected chi connectivity index (χ4v) is 2.19. The fraction of sp³-hybridized carbons (Fsp3) is 0.900. The number of nitrogens with zero attached hydrogens (tertiary/aromatic N) is 1. The SMILES string of the molecule is NC1(CC(=O)N2CCC(O)C2)CCC1. The summed E-state index contributed by atoms with van der Waals surface area (Å²) < 4.78 is 0. The van der Waals surface area contributed by atoms with Gasteiger partial charge in [-0.1, -0.05) is 0 Å². The lowest BCUT2D eigenvalue weighted by Crippen LogP contribution is -2.50. The predicted molar refractivity (Wildman–Crippen MR) is 52.6 cm³/mol. The largest absolute Gasteiger partial charge is 0.391 e. The Labute approximate surface area is 84.1 Å². The molecule has 1 saturated carbocycles. The number of rotatable bonds is 2. The van der Waals surface area contributed by atoms with E-state index < -0.39 is 0 Å². The number of hydrogen-bond acceptors (Lipinski definition) is 3. The van der Waals surface area contributed by atoms with Crippen LogP contribution in [0.1, 0.15) is 32.1 Å². The number of β-amino-alcohol motifs (C(OH)–C–C–N with tert-alkyl or cyclic N) is 1. The molecule has 3 N–H and O–H groups in total. The van der Waals surface area contributed by atoms with Crippen molar-refractivity contribution in [3.8, 4) is 0 Å². The van der Waals surface area contributed by atoms with Crippen LogP contribution < -0.4 is 5.73 Å². The molecule has 4 nitrogen and oxygen atoms in total. The van der Waals surface area contributed by atoms with Crippen LogP contribution in [0.3, 0.4) is 0 Å². The normalized spacial score (nSPS) is 30.1. The third-order valence-corrected chi connectivity index (χ3v) is 3.37. The third-order valence-electron chi connectivity index (χ3n) is 3.37. The second-order valence-corrected chi connectivity index (χ2v) is 4.67. The quantitative estimate of drug-likeness (QED) is 0.648. The number of carbonyl (C=O) groups excluding carboxylic acids is 1. The van der Waals surface area contributed by atoms with E-state index in [9.17, 15) is 9.90 Å². The Morgan fingerprint density at radius 3 is 2.71 bits per heavy atom. The molecule has 1 heterocycles. The lowest BCUT2D eigenvalue weighted by molar-refractivity contribution is -0.132. The zero-order chi connectivity index (χ0) is 10.2. The molecule has 14 heavy (non-hydrogen) atoms. The van der Waals surface area contributed by atoms with E-state index in [0.717, 1.165) is 19.3 Å². The summed E-state index contributed by atoms with van der Waals surface area (Å²) in [6, 6.07) is 0. The van der Waals surface area contributed by atoms with E-state index in [1.165, 1.54) is 0 Å². The molecular formula is C10H18N2O2. The number of amides is 1. The Balaban J connectivity index is 1.83. The summed E-state index contributed by atoms with van der Waals surface area (Å²) in [4.78, 5) is 13.5. The molecule has 0 aromatic carbocycles. The van der Waals surface area contributed by atoms with Crippen molar-refractivity contribution >= 4 is 5.91 Å². The van der Waals surface area contributed by atoms with Gasteiger partial charge in [0, 0.05) is 25.0 Å². The second-order valence-electron chi connectivity index (χ2n) is 4.67. The highest BCUT2D eigenvalue weighted by Gasteiger charge is 2.37. The van der Waals surface area contributed by atoms with Gasteiger partial charge in [0.05, 0.1) is 6.10 Å². The maximum absolute atomic E-state index is 11.7. The van der Waals surface area contributed by atoms with Crippen molar-refractivity contribution in [3.05, 3.63) is 0 Å². The first-order valence-electron chi connectivity index (χ1n) is 5.34. The van der Waals surface area contributed by atoms with Gasteiger partial charge in [0.15, 0.2) is 0 Å². The van der Waals surface area contributed by atoms with Gasteiger partial charge in [-0.3, -0.25) is 4.79 Å². The van der Waals surface area contributed by atoms with Gasteiger partial charge in [-0.05, 0) is 25.7 Å². The van der Waals surface area contributed by atoms with Crippen LogP contribution in [0, 0.1) is 0 Å². The third kappa shape index (κ3) is 1.91. The molecule has 80 valence electrons. The summed E-state index contributed by atoms with van der Waals surface area (Å²) in [7, 11) is 0. The number of likely N-dealkylation sites (tertiary alicyclic amines) is 1. The molecule has 1 saturated heterocycles. The standard InChI is InChI=1S/C10H18N2O2/c11-10(3-1-4-10)6-9(14)12-5-2-8(13)7-12/h8,13H,1-7,11H2. The Morgan fingerprint density at radius 1 is 1.57 bits per heavy atom. The summed E-state index contributed by atoms with van der Waals surface area (Å²) in [6.07, 6.45) is 3.92. The summed E-state index contributed by atoms with van der Waals surface area (Å²) >= 11 is 0. The highest BCUT2D eigenvalue weighted by molar-refractivity contribution is 5.78. The molecule has 0 aromatic rings. The van der Waals surface area contributed by atoms with Gasteiger partial charge in [-0.2, -0.15) is 0 Å². The smallest absolute Gasteiger partial charge is 0.224 e. The second kappa shape index (κ2) is 3.51. The van der Waals surface area contributed by atoms with Gasteiger partial charge in [0.25, 0.3) is 0 Å². The molecule has 2 fully saturated rings. The Bertz CT molecular complexity index is 238. The number of nitrogens with two attached hydrogens (primary N) is 1. The highest BCUT2D eigenvalue weighted by atomic mass is 16.3. The Morgan fingerprint density at radius 2 is 2.29 bits per heavy atom. The average Bonchev–Trinajstić information content (AvgIpc) is 2.49. The first kappa shape index (κ1) is 9.93. The van der Waals surface area contributed by atoms with Crippen LogP contribution in [-0.2, 0) is 4.79 Å². The van der Waals surface area contributed by atoms with Crippen LogP contribution in [-0.4, -0.2) is 40.6 Å².